The lowest BCUT2D eigenvalue weighted by Gasteiger charge is -2.30. The molecular formula is C21H35N3O3. The number of hydrogen-bond donors (Lipinski definition) is 2. The minimum absolute atomic E-state index is 0.319. The Balaban J connectivity index is 1.87. The van der Waals surface area contributed by atoms with Gasteiger partial charge in [0.2, 0.25) is 0 Å². The van der Waals surface area contributed by atoms with Gasteiger partial charge in [-0.1, -0.05) is 18.9 Å². The van der Waals surface area contributed by atoms with Crippen molar-refractivity contribution in [1.29, 1.82) is 0 Å². The van der Waals surface area contributed by atoms with Gasteiger partial charge in [-0.25, -0.2) is 0 Å². The third-order valence-corrected chi connectivity index (χ3v) is 5.21. The fraction of sp³-hybridized carbons (Fsp3) is 0.667. The fourth-order valence-electron chi connectivity index (χ4n) is 3.60. The first-order chi connectivity index (χ1) is 13.2. The number of hydrogen-bond acceptors (Lipinski definition) is 4. The molecule has 0 spiro atoms. The van der Waals surface area contributed by atoms with Crippen molar-refractivity contribution < 1.29 is 14.2 Å². The van der Waals surface area contributed by atoms with Crippen LogP contribution in [0.4, 0.5) is 5.69 Å². The normalized spacial score (nSPS) is 16.3. The second-order valence-electron chi connectivity index (χ2n) is 7.22. The van der Waals surface area contributed by atoms with E-state index in [1.165, 1.54) is 25.7 Å². The van der Waals surface area contributed by atoms with Crippen LogP contribution >= 0.6 is 0 Å². The second-order valence-corrected chi connectivity index (χ2v) is 7.22. The Morgan fingerprint density at radius 3 is 2.59 bits per heavy atom. The molecule has 0 bridgehead atoms. The summed E-state index contributed by atoms with van der Waals surface area (Å²) in [6, 6.07) is 7.96. The van der Waals surface area contributed by atoms with Crippen LogP contribution in [0.25, 0.3) is 0 Å². The van der Waals surface area contributed by atoms with Crippen molar-refractivity contribution in [2.24, 2.45) is 10.4 Å². The van der Waals surface area contributed by atoms with Crippen molar-refractivity contribution >= 4 is 11.6 Å². The summed E-state index contributed by atoms with van der Waals surface area (Å²) in [6.07, 6.45) is 7.09. The average Bonchev–Trinajstić information content (AvgIpc) is 3.16. The zero-order chi connectivity index (χ0) is 19.4. The number of methoxy groups -OCH3 is 2. The van der Waals surface area contributed by atoms with E-state index in [-0.39, 0.29) is 0 Å². The van der Waals surface area contributed by atoms with Gasteiger partial charge in [0.05, 0.1) is 6.61 Å². The van der Waals surface area contributed by atoms with Gasteiger partial charge in [-0.3, -0.25) is 4.99 Å². The van der Waals surface area contributed by atoms with E-state index in [0.717, 1.165) is 43.4 Å². The molecule has 6 heteroatoms. The van der Waals surface area contributed by atoms with Gasteiger partial charge in [-0.15, -0.1) is 0 Å². The predicted octanol–water partition coefficient (Wildman–Crippen LogP) is 3.69. The first-order valence-corrected chi connectivity index (χ1v) is 9.90. The Morgan fingerprint density at radius 2 is 1.89 bits per heavy atom. The van der Waals surface area contributed by atoms with Crippen LogP contribution in [0.5, 0.6) is 5.75 Å². The Labute approximate surface area is 163 Å². The maximum absolute atomic E-state index is 5.77. The van der Waals surface area contributed by atoms with Crippen molar-refractivity contribution in [2.45, 2.75) is 38.5 Å². The molecule has 1 aliphatic carbocycles. The number of ether oxygens (including phenoxy) is 3. The standard InChI is InChI=1S/C21H35N3O3/c1-22-20(23-17-21(12-15-26-3)10-4-5-11-21)24-18-8-6-9-19(16-18)27-14-7-13-25-2/h6,8-9,16H,4-5,7,10-15,17H2,1-3H3,(H2,22,23,24). The van der Waals surface area contributed by atoms with Crippen LogP contribution in [0.15, 0.2) is 29.3 Å². The van der Waals surface area contributed by atoms with E-state index in [0.29, 0.717) is 18.6 Å². The van der Waals surface area contributed by atoms with Crippen LogP contribution in [0, 0.1) is 5.41 Å². The molecule has 1 aromatic carbocycles. The average molecular weight is 378 g/mol. The second kappa shape index (κ2) is 11.8. The van der Waals surface area contributed by atoms with Crippen LogP contribution in [0.3, 0.4) is 0 Å². The minimum Gasteiger partial charge on any atom is -0.493 e. The molecule has 1 aromatic rings. The highest BCUT2D eigenvalue weighted by Crippen LogP contribution is 2.40. The highest BCUT2D eigenvalue weighted by molar-refractivity contribution is 5.93. The van der Waals surface area contributed by atoms with Gasteiger partial charge in [0.1, 0.15) is 5.75 Å². The van der Waals surface area contributed by atoms with Crippen LogP contribution in [0.1, 0.15) is 38.5 Å². The smallest absolute Gasteiger partial charge is 0.195 e. The van der Waals surface area contributed by atoms with Crippen molar-refractivity contribution in [3.63, 3.8) is 0 Å². The maximum Gasteiger partial charge on any atom is 0.195 e. The number of nitrogens with zero attached hydrogens (tertiary/aromatic N) is 1. The van der Waals surface area contributed by atoms with Crippen LogP contribution in [-0.2, 0) is 9.47 Å². The molecule has 2 N–H and O–H groups in total. The van der Waals surface area contributed by atoms with E-state index in [4.69, 9.17) is 14.2 Å². The summed E-state index contributed by atoms with van der Waals surface area (Å²) in [5, 5.41) is 6.89. The molecule has 0 aromatic heterocycles. The largest absolute Gasteiger partial charge is 0.493 e. The molecule has 0 aliphatic heterocycles. The number of anilines is 1. The van der Waals surface area contributed by atoms with E-state index in [2.05, 4.69) is 15.6 Å². The molecule has 0 heterocycles. The van der Waals surface area contributed by atoms with E-state index in [1.54, 1.807) is 21.3 Å². The quantitative estimate of drug-likeness (QED) is 0.350. The minimum atomic E-state index is 0.319. The van der Waals surface area contributed by atoms with Crippen molar-refractivity contribution in [2.75, 3.05) is 52.9 Å². The number of nitrogens with one attached hydrogen (secondary N) is 2. The lowest BCUT2D eigenvalue weighted by Crippen LogP contribution is -2.40. The Morgan fingerprint density at radius 1 is 1.11 bits per heavy atom. The number of rotatable bonds is 11. The molecule has 1 aliphatic rings. The number of guanidine groups is 1. The van der Waals surface area contributed by atoms with Crippen molar-refractivity contribution in [3.8, 4) is 5.75 Å². The molecule has 0 amide bonds. The summed E-state index contributed by atoms with van der Waals surface area (Å²) in [5.41, 5.74) is 1.28. The third kappa shape index (κ3) is 7.39. The maximum atomic E-state index is 5.77. The molecule has 1 saturated carbocycles. The van der Waals surface area contributed by atoms with E-state index in [9.17, 15) is 0 Å². The van der Waals surface area contributed by atoms with Gasteiger partial charge in [-0.2, -0.15) is 0 Å². The molecule has 27 heavy (non-hydrogen) atoms. The van der Waals surface area contributed by atoms with E-state index in [1.807, 2.05) is 24.3 Å². The van der Waals surface area contributed by atoms with Gasteiger partial charge in [-0.05, 0) is 36.8 Å². The number of benzene rings is 1. The summed E-state index contributed by atoms with van der Waals surface area (Å²) in [5.74, 6) is 1.63. The molecule has 1 fully saturated rings. The summed E-state index contributed by atoms with van der Waals surface area (Å²) >= 11 is 0. The van der Waals surface area contributed by atoms with Crippen molar-refractivity contribution in [1.82, 2.24) is 5.32 Å². The molecule has 2 rings (SSSR count). The molecule has 152 valence electrons. The van der Waals surface area contributed by atoms with Gasteiger partial charge >= 0.3 is 0 Å². The van der Waals surface area contributed by atoms with Gasteiger partial charge in [0.25, 0.3) is 0 Å². The molecule has 0 radical (unpaired) electrons. The topological polar surface area (TPSA) is 64.1 Å². The lowest BCUT2D eigenvalue weighted by molar-refractivity contribution is 0.138. The summed E-state index contributed by atoms with van der Waals surface area (Å²) < 4.78 is 16.1. The Kier molecular flexibility index (Phi) is 9.42. The highest BCUT2D eigenvalue weighted by Gasteiger charge is 2.33. The molecule has 6 nitrogen and oxygen atoms in total. The fourth-order valence-corrected chi connectivity index (χ4v) is 3.60. The van der Waals surface area contributed by atoms with Crippen molar-refractivity contribution in [3.05, 3.63) is 24.3 Å². The Hall–Kier alpha value is -1.79. The van der Waals surface area contributed by atoms with Crippen LogP contribution < -0.4 is 15.4 Å². The van der Waals surface area contributed by atoms with Gasteiger partial charge in [0.15, 0.2) is 5.96 Å². The highest BCUT2D eigenvalue weighted by atomic mass is 16.5. The molecule has 0 unspecified atom stereocenters. The molecular weight excluding hydrogens is 342 g/mol. The first kappa shape index (κ1) is 21.5. The van der Waals surface area contributed by atoms with Gasteiger partial charge < -0.3 is 24.8 Å². The summed E-state index contributed by atoms with van der Waals surface area (Å²) in [4.78, 5) is 4.38. The lowest BCUT2D eigenvalue weighted by atomic mass is 9.83. The number of aliphatic imine (C=N–C) groups is 1. The SMILES string of the molecule is CN=C(NCC1(CCOC)CCCC1)Nc1cccc(OCCCOC)c1. The molecule has 0 saturated heterocycles. The van der Waals surface area contributed by atoms with Gasteiger partial charge in [0, 0.05) is 59.2 Å². The zero-order valence-corrected chi connectivity index (χ0v) is 17.1. The monoisotopic (exact) mass is 377 g/mol. The zero-order valence-electron chi connectivity index (χ0n) is 17.1. The van der Waals surface area contributed by atoms with Crippen LogP contribution in [0.2, 0.25) is 0 Å². The summed E-state index contributed by atoms with van der Waals surface area (Å²) in [6.45, 7) is 3.09. The Bertz CT molecular complexity index is 572. The summed E-state index contributed by atoms with van der Waals surface area (Å²) in [7, 11) is 5.28. The third-order valence-electron chi connectivity index (χ3n) is 5.21. The van der Waals surface area contributed by atoms with E-state index < -0.39 is 0 Å². The van der Waals surface area contributed by atoms with E-state index >= 15 is 0 Å². The first-order valence-electron chi connectivity index (χ1n) is 9.90. The predicted molar refractivity (Wildman–Crippen MR) is 111 cm³/mol. The van der Waals surface area contributed by atoms with Crippen LogP contribution in [-0.4, -0.2) is 53.6 Å². The molecule has 0 atom stereocenters.